The lowest BCUT2D eigenvalue weighted by Gasteiger charge is -2.35. The fourth-order valence-electron chi connectivity index (χ4n) is 2.94. The van der Waals surface area contributed by atoms with Gasteiger partial charge in [-0.3, -0.25) is 0 Å². The van der Waals surface area contributed by atoms with Gasteiger partial charge in [-0.05, 0) is 31.9 Å². The summed E-state index contributed by atoms with van der Waals surface area (Å²) in [5, 5.41) is 3.93. The van der Waals surface area contributed by atoms with Crippen LogP contribution in [0, 0.1) is 5.82 Å². The van der Waals surface area contributed by atoms with E-state index < -0.39 is 0 Å². The minimum absolute atomic E-state index is 0.0802. The number of benzene rings is 1. The summed E-state index contributed by atoms with van der Waals surface area (Å²) in [4.78, 5) is 4.39. The van der Waals surface area contributed by atoms with E-state index in [4.69, 9.17) is 15.0 Å². The molecular weight excluding hydrogens is 285 g/mol. The zero-order valence-electron chi connectivity index (χ0n) is 12.6. The SMILES string of the molecule is CC1(N)CCCCC1c1nc(COc2cccc(F)c2)no1. The van der Waals surface area contributed by atoms with Crippen molar-refractivity contribution in [3.05, 3.63) is 41.8 Å². The number of nitrogens with two attached hydrogens (primary N) is 1. The number of ether oxygens (including phenoxy) is 1. The monoisotopic (exact) mass is 305 g/mol. The fraction of sp³-hybridized carbons (Fsp3) is 0.500. The number of hydrogen-bond donors (Lipinski definition) is 1. The van der Waals surface area contributed by atoms with Gasteiger partial charge in [-0.15, -0.1) is 0 Å². The average Bonchev–Trinajstić information content (AvgIpc) is 2.93. The number of aromatic nitrogens is 2. The normalized spacial score (nSPS) is 25.1. The summed E-state index contributed by atoms with van der Waals surface area (Å²) in [5.41, 5.74) is 6.03. The van der Waals surface area contributed by atoms with Crippen LogP contribution < -0.4 is 10.5 Å². The Morgan fingerprint density at radius 1 is 1.45 bits per heavy atom. The molecule has 3 rings (SSSR count). The molecule has 0 spiro atoms. The first-order chi connectivity index (χ1) is 10.5. The van der Waals surface area contributed by atoms with E-state index in [0.29, 0.717) is 17.5 Å². The molecule has 1 heterocycles. The van der Waals surface area contributed by atoms with Crippen molar-refractivity contribution in [1.82, 2.24) is 10.1 Å². The number of hydrogen-bond acceptors (Lipinski definition) is 5. The zero-order valence-corrected chi connectivity index (χ0v) is 12.6. The topological polar surface area (TPSA) is 74.2 Å². The Morgan fingerprint density at radius 3 is 3.09 bits per heavy atom. The average molecular weight is 305 g/mol. The van der Waals surface area contributed by atoms with Crippen LogP contribution in [0.25, 0.3) is 0 Å². The Kier molecular flexibility index (Phi) is 4.11. The van der Waals surface area contributed by atoms with Gasteiger partial charge in [0, 0.05) is 11.6 Å². The smallest absolute Gasteiger partial charge is 0.231 e. The van der Waals surface area contributed by atoms with E-state index in [2.05, 4.69) is 10.1 Å². The van der Waals surface area contributed by atoms with Gasteiger partial charge in [0.1, 0.15) is 11.6 Å². The molecule has 1 fully saturated rings. The Morgan fingerprint density at radius 2 is 2.32 bits per heavy atom. The van der Waals surface area contributed by atoms with E-state index >= 15 is 0 Å². The van der Waals surface area contributed by atoms with Crippen molar-refractivity contribution < 1.29 is 13.7 Å². The quantitative estimate of drug-likeness (QED) is 0.939. The standard InChI is InChI=1S/C16H20FN3O2/c1-16(18)8-3-2-7-13(16)15-19-14(20-22-15)10-21-12-6-4-5-11(17)9-12/h4-6,9,13H,2-3,7-8,10,18H2,1H3. The van der Waals surface area contributed by atoms with Crippen LogP contribution in [0.15, 0.2) is 28.8 Å². The molecule has 1 aromatic carbocycles. The molecule has 1 aliphatic rings. The lowest BCUT2D eigenvalue weighted by molar-refractivity contribution is 0.222. The molecule has 1 saturated carbocycles. The third-order valence-corrected chi connectivity index (χ3v) is 4.20. The predicted octanol–water partition coefficient (Wildman–Crippen LogP) is 3.16. The van der Waals surface area contributed by atoms with Crippen molar-refractivity contribution in [2.45, 2.75) is 50.7 Å². The third-order valence-electron chi connectivity index (χ3n) is 4.20. The minimum atomic E-state index is -0.340. The largest absolute Gasteiger partial charge is 0.485 e. The van der Waals surface area contributed by atoms with Gasteiger partial charge in [-0.2, -0.15) is 4.98 Å². The molecule has 2 atom stereocenters. The highest BCUT2D eigenvalue weighted by atomic mass is 19.1. The molecule has 118 valence electrons. The first kappa shape index (κ1) is 15.0. The molecule has 0 bridgehead atoms. The Balaban J connectivity index is 1.66. The molecule has 6 heteroatoms. The van der Waals surface area contributed by atoms with Gasteiger partial charge in [0.15, 0.2) is 6.61 Å². The van der Waals surface area contributed by atoms with Crippen molar-refractivity contribution in [1.29, 1.82) is 0 Å². The highest BCUT2D eigenvalue weighted by Crippen LogP contribution is 2.38. The molecule has 1 aliphatic carbocycles. The molecule has 0 aliphatic heterocycles. The number of rotatable bonds is 4. The summed E-state index contributed by atoms with van der Waals surface area (Å²) >= 11 is 0. The molecule has 2 N–H and O–H groups in total. The summed E-state index contributed by atoms with van der Waals surface area (Å²) in [6.45, 7) is 2.17. The molecule has 0 amide bonds. The Hall–Kier alpha value is -1.95. The van der Waals surface area contributed by atoms with Crippen LogP contribution in [-0.2, 0) is 6.61 Å². The van der Waals surface area contributed by atoms with Crippen LogP contribution in [0.4, 0.5) is 4.39 Å². The van der Waals surface area contributed by atoms with Gasteiger partial charge >= 0.3 is 0 Å². The van der Waals surface area contributed by atoms with Gasteiger partial charge in [0.2, 0.25) is 11.7 Å². The minimum Gasteiger partial charge on any atom is -0.485 e. The van der Waals surface area contributed by atoms with Crippen molar-refractivity contribution >= 4 is 0 Å². The second-order valence-electron chi connectivity index (χ2n) is 6.10. The van der Waals surface area contributed by atoms with E-state index in [9.17, 15) is 4.39 Å². The summed E-state index contributed by atoms with van der Waals surface area (Å²) in [7, 11) is 0. The summed E-state index contributed by atoms with van der Waals surface area (Å²) in [6.07, 6.45) is 4.16. The van der Waals surface area contributed by atoms with Crippen LogP contribution >= 0.6 is 0 Å². The van der Waals surface area contributed by atoms with Gasteiger partial charge in [-0.1, -0.05) is 24.1 Å². The van der Waals surface area contributed by atoms with Crippen LogP contribution in [0.5, 0.6) is 5.75 Å². The summed E-state index contributed by atoms with van der Waals surface area (Å²) in [5.74, 6) is 1.19. The van der Waals surface area contributed by atoms with Crippen LogP contribution in [0.3, 0.4) is 0 Å². The first-order valence-corrected chi connectivity index (χ1v) is 7.54. The van der Waals surface area contributed by atoms with Crippen LogP contribution in [-0.4, -0.2) is 15.7 Å². The lowest BCUT2D eigenvalue weighted by Crippen LogP contribution is -2.44. The van der Waals surface area contributed by atoms with E-state index in [1.54, 1.807) is 12.1 Å². The first-order valence-electron chi connectivity index (χ1n) is 7.54. The van der Waals surface area contributed by atoms with E-state index in [0.717, 1.165) is 25.7 Å². The predicted molar refractivity (Wildman–Crippen MR) is 78.8 cm³/mol. The van der Waals surface area contributed by atoms with Gasteiger partial charge in [0.25, 0.3) is 0 Å². The van der Waals surface area contributed by atoms with E-state index in [-0.39, 0.29) is 23.9 Å². The van der Waals surface area contributed by atoms with Crippen LogP contribution in [0.2, 0.25) is 0 Å². The molecular formula is C16H20FN3O2. The summed E-state index contributed by atoms with van der Waals surface area (Å²) in [6, 6.07) is 5.96. The maximum absolute atomic E-state index is 13.1. The van der Waals surface area contributed by atoms with Crippen LogP contribution in [0.1, 0.15) is 50.2 Å². The Labute approximate surface area is 128 Å². The van der Waals surface area contributed by atoms with Gasteiger partial charge in [0.05, 0.1) is 5.92 Å². The second-order valence-corrected chi connectivity index (χ2v) is 6.10. The molecule has 0 saturated heterocycles. The number of nitrogens with zero attached hydrogens (tertiary/aromatic N) is 2. The van der Waals surface area contributed by atoms with Crippen molar-refractivity contribution in [3.63, 3.8) is 0 Å². The molecule has 1 aromatic heterocycles. The Bertz CT molecular complexity index is 642. The summed E-state index contributed by atoms with van der Waals surface area (Å²) < 4.78 is 23.9. The second kappa shape index (κ2) is 6.04. The zero-order chi connectivity index (χ0) is 15.6. The maximum Gasteiger partial charge on any atom is 0.231 e. The number of halogens is 1. The van der Waals surface area contributed by atoms with Crippen molar-refractivity contribution in [3.8, 4) is 5.75 Å². The molecule has 2 unspecified atom stereocenters. The van der Waals surface area contributed by atoms with E-state index in [1.165, 1.54) is 12.1 Å². The third kappa shape index (κ3) is 3.27. The van der Waals surface area contributed by atoms with Gasteiger partial charge in [-0.25, -0.2) is 4.39 Å². The van der Waals surface area contributed by atoms with Crippen molar-refractivity contribution in [2.24, 2.45) is 5.73 Å². The molecule has 0 radical (unpaired) electrons. The fourth-order valence-corrected chi connectivity index (χ4v) is 2.94. The molecule has 2 aromatic rings. The van der Waals surface area contributed by atoms with E-state index in [1.807, 2.05) is 6.92 Å². The highest BCUT2D eigenvalue weighted by molar-refractivity contribution is 5.22. The highest BCUT2D eigenvalue weighted by Gasteiger charge is 2.37. The lowest BCUT2D eigenvalue weighted by atomic mass is 9.74. The van der Waals surface area contributed by atoms with Crippen molar-refractivity contribution in [2.75, 3.05) is 0 Å². The van der Waals surface area contributed by atoms with Gasteiger partial charge < -0.3 is 15.0 Å². The maximum atomic E-state index is 13.1. The molecule has 22 heavy (non-hydrogen) atoms. The molecule has 5 nitrogen and oxygen atoms in total.